The molecule has 1 rings (SSSR count). The number of ether oxygens (including phenoxy) is 2. The zero-order chi connectivity index (χ0) is 19.8. The molecular weight excluding hydrogens is 286 g/mol. The van der Waals surface area contributed by atoms with Gasteiger partial charge in [-0.1, -0.05) is 23.2 Å². The van der Waals surface area contributed by atoms with Gasteiger partial charge in [0.1, 0.15) is 10.0 Å². The third-order valence-corrected chi connectivity index (χ3v) is 2.31. The fourth-order valence-corrected chi connectivity index (χ4v) is 1.25. The smallest absolute Gasteiger partial charge is 0.344 e. The van der Waals surface area contributed by atoms with E-state index in [2.05, 4.69) is 9.72 Å². The van der Waals surface area contributed by atoms with Crippen LogP contribution in [0, 0.1) is 5.95 Å². The van der Waals surface area contributed by atoms with E-state index >= 15 is 0 Å². The third-order valence-electron chi connectivity index (χ3n) is 1.58. The second kappa shape index (κ2) is 6.06. The van der Waals surface area contributed by atoms with Crippen molar-refractivity contribution in [1.82, 2.24) is 4.98 Å². The summed E-state index contributed by atoms with van der Waals surface area (Å²) in [5.41, 5.74) is 4.97. The number of nitrogens with zero attached hydrogens (tertiary/aromatic N) is 1. The van der Waals surface area contributed by atoms with Crippen molar-refractivity contribution in [3.05, 3.63) is 16.0 Å². The second-order valence-electron chi connectivity index (χ2n) is 2.84. The number of carbonyl (C=O) groups excluding carboxylic acids is 1. The molecule has 2 N–H and O–H groups in total. The van der Waals surface area contributed by atoms with Crippen LogP contribution in [0.2, 0.25) is 10.0 Å². The molecule has 0 amide bonds. The average Bonchev–Trinajstić information content (AvgIpc) is 2.45. The topological polar surface area (TPSA) is 74.4 Å². The first kappa shape index (κ1) is 7.35. The Morgan fingerprint density at radius 1 is 1.61 bits per heavy atom. The van der Waals surface area contributed by atoms with Crippen LogP contribution in [0.3, 0.4) is 0 Å². The van der Waals surface area contributed by atoms with Gasteiger partial charge in [-0.25, -0.2) is 4.79 Å². The molecule has 0 aliphatic carbocycles. The Kier molecular flexibility index (Phi) is 2.48. The van der Waals surface area contributed by atoms with Crippen LogP contribution in [0.25, 0.3) is 0 Å². The highest BCUT2D eigenvalue weighted by molar-refractivity contribution is 6.39. The van der Waals surface area contributed by atoms with Gasteiger partial charge in [0.2, 0.25) is 11.8 Å². The molecule has 0 spiro atoms. The lowest BCUT2D eigenvalue weighted by Gasteiger charge is -2.11. The number of aromatic nitrogens is 1. The van der Waals surface area contributed by atoms with Crippen molar-refractivity contribution >= 4 is 34.9 Å². The molecule has 1 heterocycles. The Morgan fingerprint density at radius 3 is 2.89 bits per heavy atom. The first-order valence-electron chi connectivity index (χ1n) is 7.76. The first-order chi connectivity index (χ1) is 11.1. The maximum atomic E-state index is 13.4. The van der Waals surface area contributed by atoms with E-state index in [1.54, 1.807) is 0 Å². The number of pyridine rings is 1. The van der Waals surface area contributed by atoms with E-state index < -0.39 is 59.9 Å². The predicted octanol–water partition coefficient (Wildman–Crippen LogP) is 2.44. The van der Waals surface area contributed by atoms with Crippen LogP contribution in [0.15, 0.2) is 0 Å². The van der Waals surface area contributed by atoms with Crippen molar-refractivity contribution in [1.29, 1.82) is 0 Å². The lowest BCUT2D eigenvalue weighted by molar-refractivity contribution is -0.149. The highest BCUT2D eigenvalue weighted by atomic mass is 35.5. The van der Waals surface area contributed by atoms with E-state index in [9.17, 15) is 9.18 Å². The molecule has 0 aliphatic heterocycles. The Morgan fingerprint density at radius 2 is 2.28 bits per heavy atom. The van der Waals surface area contributed by atoms with E-state index in [1.165, 1.54) is 0 Å². The molecule has 0 saturated heterocycles. The molecule has 5 nitrogen and oxygen atoms in total. The van der Waals surface area contributed by atoms with Gasteiger partial charge in [-0.3, -0.25) is 0 Å². The van der Waals surface area contributed by atoms with Gasteiger partial charge in [0.15, 0.2) is 6.61 Å². The van der Waals surface area contributed by atoms with Gasteiger partial charge in [-0.2, -0.15) is 9.37 Å². The number of halogens is 3. The number of hydrogen-bond donors (Lipinski definition) is 1. The summed E-state index contributed by atoms with van der Waals surface area (Å²) in [6.07, 6.45) is -3.53. The van der Waals surface area contributed by atoms with E-state index in [1.807, 2.05) is 0 Å². The van der Waals surface area contributed by atoms with Crippen LogP contribution in [-0.4, -0.2) is 23.6 Å². The van der Waals surface area contributed by atoms with Crippen LogP contribution < -0.4 is 10.5 Å². The molecule has 0 bridgehead atoms. The standard InChI is InChI=1S/C10H11Cl2FN2O3/c1-4(2)18-5(16)3-17-10-7(12)8(14)6(11)9(13)15-10/h4H,3H2,1-2H3,(H2,14,15)/i1D3,2D3,4D. The zero-order valence-electron chi connectivity index (χ0n) is 15.6. The summed E-state index contributed by atoms with van der Waals surface area (Å²) in [5, 5.41) is -1.00. The largest absolute Gasteiger partial charge is 0.464 e. The van der Waals surface area contributed by atoms with Crippen LogP contribution in [-0.2, 0) is 9.53 Å². The molecule has 100 valence electrons. The Balaban J connectivity index is 2.95. The highest BCUT2D eigenvalue weighted by Gasteiger charge is 2.17. The molecule has 0 aromatic carbocycles. The van der Waals surface area contributed by atoms with E-state index in [0.717, 1.165) is 0 Å². The zero-order valence-corrected chi connectivity index (χ0v) is 10.1. The lowest BCUT2D eigenvalue weighted by atomic mass is 10.4. The molecule has 18 heavy (non-hydrogen) atoms. The quantitative estimate of drug-likeness (QED) is 0.683. The van der Waals surface area contributed by atoms with Crippen molar-refractivity contribution in [2.75, 3.05) is 12.3 Å². The maximum absolute atomic E-state index is 13.4. The minimum Gasteiger partial charge on any atom is -0.464 e. The molecule has 8 heteroatoms. The molecule has 1 aromatic heterocycles. The van der Waals surface area contributed by atoms with Crippen LogP contribution in [0.5, 0.6) is 5.88 Å². The van der Waals surface area contributed by atoms with Gasteiger partial charge in [-0.15, -0.1) is 0 Å². The first-order valence-corrected chi connectivity index (χ1v) is 5.02. The second-order valence-corrected chi connectivity index (χ2v) is 3.60. The highest BCUT2D eigenvalue weighted by Crippen LogP contribution is 2.35. The van der Waals surface area contributed by atoms with E-state index in [4.69, 9.17) is 43.3 Å². The van der Waals surface area contributed by atoms with Gasteiger partial charge in [-0.05, 0) is 13.7 Å². The number of hydrogen-bond acceptors (Lipinski definition) is 5. The van der Waals surface area contributed by atoms with Crippen molar-refractivity contribution in [2.24, 2.45) is 0 Å². The third kappa shape index (κ3) is 3.61. The van der Waals surface area contributed by atoms with Crippen molar-refractivity contribution in [3.8, 4) is 5.88 Å². The molecular formula is C10H11Cl2FN2O3. The number of anilines is 1. The summed E-state index contributed by atoms with van der Waals surface area (Å²) < 4.78 is 72.5. The summed E-state index contributed by atoms with van der Waals surface area (Å²) in [4.78, 5) is 14.9. The van der Waals surface area contributed by atoms with Crippen molar-refractivity contribution in [2.45, 2.75) is 19.8 Å². The van der Waals surface area contributed by atoms with Gasteiger partial charge in [0.05, 0.1) is 13.1 Å². The number of rotatable bonds is 4. The van der Waals surface area contributed by atoms with Crippen LogP contribution in [0.1, 0.15) is 23.3 Å². The van der Waals surface area contributed by atoms with Gasteiger partial charge < -0.3 is 15.2 Å². The number of esters is 1. The monoisotopic (exact) mass is 303 g/mol. The molecule has 0 radical (unpaired) electrons. The minimum absolute atomic E-state index is 0.418. The Hall–Kier alpha value is -1.27. The van der Waals surface area contributed by atoms with Crippen molar-refractivity contribution < 1.29 is 28.3 Å². The molecule has 0 aliphatic rings. The summed E-state index contributed by atoms with van der Waals surface area (Å²) in [5.74, 6) is -3.43. The van der Waals surface area contributed by atoms with Gasteiger partial charge >= 0.3 is 5.97 Å². The predicted molar refractivity (Wildman–Crippen MR) is 65.4 cm³/mol. The number of carbonyl (C=O) groups is 1. The van der Waals surface area contributed by atoms with Gasteiger partial charge in [0.25, 0.3) is 0 Å². The molecule has 1 aromatic rings. The minimum atomic E-state index is -3.53. The Bertz CT molecular complexity index is 670. The summed E-state index contributed by atoms with van der Waals surface area (Å²) in [6.45, 7) is -8.05. The number of nitrogen functional groups attached to an aromatic ring is 1. The van der Waals surface area contributed by atoms with E-state index in [-0.39, 0.29) is 0 Å². The fourth-order valence-electron chi connectivity index (χ4n) is 0.876. The summed E-state index contributed by atoms with van der Waals surface area (Å²) in [6, 6.07) is 0. The normalized spacial score (nSPS) is 18.3. The van der Waals surface area contributed by atoms with Crippen molar-refractivity contribution in [3.63, 3.8) is 0 Å². The van der Waals surface area contributed by atoms with E-state index in [0.29, 0.717) is 0 Å². The van der Waals surface area contributed by atoms with Crippen LogP contribution in [0.4, 0.5) is 10.1 Å². The SMILES string of the molecule is [2H]C([2H])([2H])C([2H])(OC(=O)COc1nc(F)c(Cl)c(N)c1Cl)C([2H])([2H])[2H]. The molecule has 0 unspecified atom stereocenters. The van der Waals surface area contributed by atoms with Crippen LogP contribution >= 0.6 is 23.2 Å². The molecule has 0 atom stereocenters. The number of nitrogens with two attached hydrogens (primary N) is 1. The summed E-state index contributed by atoms with van der Waals surface area (Å²) in [7, 11) is 0. The average molecular weight is 304 g/mol. The molecule has 0 fully saturated rings. The Labute approximate surface area is 123 Å². The van der Waals surface area contributed by atoms with Gasteiger partial charge in [0, 0.05) is 8.22 Å². The fraction of sp³-hybridized carbons (Fsp3) is 0.400. The maximum Gasteiger partial charge on any atom is 0.344 e. The summed E-state index contributed by atoms with van der Waals surface area (Å²) >= 11 is 11.2. The lowest BCUT2D eigenvalue weighted by Crippen LogP contribution is -2.19. The molecule has 0 saturated carbocycles.